The van der Waals surface area contributed by atoms with Crippen LogP contribution < -0.4 is 10.6 Å². The van der Waals surface area contributed by atoms with Crippen LogP contribution in [0.5, 0.6) is 0 Å². The molecular weight excluding hydrogens is 318 g/mol. The fraction of sp³-hybridized carbons (Fsp3) is 0.611. The van der Waals surface area contributed by atoms with E-state index in [0.717, 1.165) is 44.0 Å². The lowest BCUT2D eigenvalue weighted by Crippen LogP contribution is -2.42. The SMILES string of the molecule is CC(C)(C)OC(=O)N(CCCNC1=NCCCN1)Cc1cccnc1. The quantitative estimate of drug-likeness (QED) is 0.771. The highest BCUT2D eigenvalue weighted by Crippen LogP contribution is 2.12. The summed E-state index contributed by atoms with van der Waals surface area (Å²) in [5, 5.41) is 6.50. The summed E-state index contributed by atoms with van der Waals surface area (Å²) < 4.78 is 5.53. The van der Waals surface area contributed by atoms with Gasteiger partial charge in [0.05, 0.1) is 6.54 Å². The number of guanidine groups is 1. The smallest absolute Gasteiger partial charge is 0.410 e. The normalized spacial score (nSPS) is 14.3. The van der Waals surface area contributed by atoms with Crippen LogP contribution in [0.1, 0.15) is 39.2 Å². The van der Waals surface area contributed by atoms with E-state index in [4.69, 9.17) is 4.74 Å². The summed E-state index contributed by atoms with van der Waals surface area (Å²) in [5.74, 6) is 0.849. The van der Waals surface area contributed by atoms with E-state index in [1.54, 1.807) is 17.3 Å². The van der Waals surface area contributed by atoms with E-state index in [-0.39, 0.29) is 6.09 Å². The van der Waals surface area contributed by atoms with Gasteiger partial charge in [-0.1, -0.05) is 6.07 Å². The molecule has 1 aromatic rings. The average Bonchev–Trinajstić information content (AvgIpc) is 2.58. The largest absolute Gasteiger partial charge is 0.444 e. The Labute approximate surface area is 149 Å². The van der Waals surface area contributed by atoms with E-state index in [1.807, 2.05) is 32.9 Å². The third kappa shape index (κ3) is 7.41. The molecule has 1 aliphatic heterocycles. The lowest BCUT2D eigenvalue weighted by molar-refractivity contribution is 0.0232. The van der Waals surface area contributed by atoms with Crippen LogP contribution in [0.25, 0.3) is 0 Å². The second kappa shape index (κ2) is 9.25. The van der Waals surface area contributed by atoms with Crippen LogP contribution in [0, 0.1) is 0 Å². The number of aliphatic imine (C=N–C) groups is 1. The molecule has 0 fully saturated rings. The van der Waals surface area contributed by atoms with Crippen molar-refractivity contribution in [3.63, 3.8) is 0 Å². The van der Waals surface area contributed by atoms with Crippen LogP contribution in [0.15, 0.2) is 29.5 Å². The Morgan fingerprint density at radius 2 is 2.28 bits per heavy atom. The van der Waals surface area contributed by atoms with E-state index in [0.29, 0.717) is 13.1 Å². The second-order valence-electron chi connectivity index (χ2n) is 7.05. The summed E-state index contributed by atoms with van der Waals surface area (Å²) in [6.45, 7) is 9.28. The van der Waals surface area contributed by atoms with Crippen LogP contribution in [0.3, 0.4) is 0 Å². The van der Waals surface area contributed by atoms with Crippen molar-refractivity contribution in [1.29, 1.82) is 0 Å². The second-order valence-corrected chi connectivity index (χ2v) is 7.05. The minimum absolute atomic E-state index is 0.301. The van der Waals surface area contributed by atoms with Crippen molar-refractivity contribution in [2.45, 2.75) is 45.8 Å². The van der Waals surface area contributed by atoms with Crippen LogP contribution in [-0.4, -0.2) is 53.7 Å². The Bertz CT molecular complexity index is 569. The highest BCUT2D eigenvalue weighted by molar-refractivity contribution is 5.80. The minimum Gasteiger partial charge on any atom is -0.444 e. The molecule has 1 aliphatic rings. The maximum Gasteiger partial charge on any atom is 0.410 e. The number of pyridine rings is 1. The molecule has 7 nitrogen and oxygen atoms in total. The van der Waals surface area contributed by atoms with Crippen molar-refractivity contribution in [2.24, 2.45) is 4.99 Å². The van der Waals surface area contributed by atoms with E-state index in [1.165, 1.54) is 0 Å². The Kier molecular flexibility index (Phi) is 7.03. The Morgan fingerprint density at radius 3 is 2.92 bits per heavy atom. The summed E-state index contributed by atoms with van der Waals surface area (Å²) in [4.78, 5) is 22.7. The molecule has 25 heavy (non-hydrogen) atoms. The number of ether oxygens (including phenoxy) is 1. The van der Waals surface area contributed by atoms with Crippen LogP contribution in [-0.2, 0) is 11.3 Å². The Hall–Kier alpha value is -2.31. The van der Waals surface area contributed by atoms with Crippen LogP contribution in [0.4, 0.5) is 4.79 Å². The molecule has 0 radical (unpaired) electrons. The molecule has 0 aromatic carbocycles. The molecule has 0 bridgehead atoms. The predicted molar refractivity (Wildman–Crippen MR) is 98.4 cm³/mol. The average molecular weight is 347 g/mol. The number of hydrogen-bond acceptors (Lipinski definition) is 6. The fourth-order valence-corrected chi connectivity index (χ4v) is 2.40. The van der Waals surface area contributed by atoms with Gasteiger partial charge in [0, 0.05) is 38.6 Å². The molecule has 2 rings (SSSR count). The summed E-state index contributed by atoms with van der Waals surface area (Å²) in [6, 6.07) is 3.83. The van der Waals surface area contributed by atoms with Gasteiger partial charge in [0.15, 0.2) is 5.96 Å². The summed E-state index contributed by atoms with van der Waals surface area (Å²) >= 11 is 0. The van der Waals surface area contributed by atoms with Gasteiger partial charge >= 0.3 is 6.09 Å². The zero-order chi connectivity index (χ0) is 18.1. The van der Waals surface area contributed by atoms with Gasteiger partial charge in [0.1, 0.15) is 5.60 Å². The summed E-state index contributed by atoms with van der Waals surface area (Å²) in [6.07, 6.45) is 5.08. The van der Waals surface area contributed by atoms with Gasteiger partial charge in [0.2, 0.25) is 0 Å². The Balaban J connectivity index is 1.86. The number of hydrogen-bond donors (Lipinski definition) is 2. The van der Waals surface area contributed by atoms with E-state index in [9.17, 15) is 4.79 Å². The standard InChI is InChI=1S/C18H29N5O2/c1-18(2,3)25-17(24)23(14-15-7-4-8-19-13-15)12-6-11-22-16-20-9-5-10-21-16/h4,7-8,13H,5-6,9-12,14H2,1-3H3,(H2,20,21,22). The van der Waals surface area contributed by atoms with Crippen molar-refractivity contribution in [3.05, 3.63) is 30.1 Å². The van der Waals surface area contributed by atoms with Crippen LogP contribution >= 0.6 is 0 Å². The number of amides is 1. The third-order valence-corrected chi connectivity index (χ3v) is 3.54. The first-order valence-electron chi connectivity index (χ1n) is 8.83. The van der Waals surface area contributed by atoms with E-state index in [2.05, 4.69) is 20.6 Å². The first-order chi connectivity index (χ1) is 11.9. The monoisotopic (exact) mass is 347 g/mol. The van der Waals surface area contributed by atoms with E-state index >= 15 is 0 Å². The predicted octanol–water partition coefficient (Wildman–Crippen LogP) is 2.15. The van der Waals surface area contributed by atoms with Crippen molar-refractivity contribution >= 4 is 12.1 Å². The topological polar surface area (TPSA) is 78.8 Å². The molecule has 0 saturated carbocycles. The van der Waals surface area contributed by atoms with Gasteiger partial charge in [-0.05, 0) is 45.2 Å². The number of aromatic nitrogens is 1. The molecule has 1 aromatic heterocycles. The molecule has 2 heterocycles. The van der Waals surface area contributed by atoms with E-state index < -0.39 is 5.60 Å². The molecule has 0 atom stereocenters. The van der Waals surface area contributed by atoms with Crippen molar-refractivity contribution in [1.82, 2.24) is 20.5 Å². The lowest BCUT2D eigenvalue weighted by atomic mass is 10.2. The maximum absolute atomic E-state index is 12.5. The van der Waals surface area contributed by atoms with Crippen LogP contribution in [0.2, 0.25) is 0 Å². The molecule has 0 saturated heterocycles. The number of carbonyl (C=O) groups excluding carboxylic acids is 1. The van der Waals surface area contributed by atoms with Gasteiger partial charge in [0.25, 0.3) is 0 Å². The molecule has 0 spiro atoms. The van der Waals surface area contributed by atoms with Gasteiger partial charge in [-0.2, -0.15) is 0 Å². The molecule has 138 valence electrons. The fourth-order valence-electron chi connectivity index (χ4n) is 2.40. The molecule has 7 heteroatoms. The first kappa shape index (κ1) is 19.0. The van der Waals surface area contributed by atoms with Crippen molar-refractivity contribution in [2.75, 3.05) is 26.2 Å². The zero-order valence-electron chi connectivity index (χ0n) is 15.4. The zero-order valence-corrected chi connectivity index (χ0v) is 15.4. The van der Waals surface area contributed by atoms with Gasteiger partial charge in [-0.15, -0.1) is 0 Å². The molecule has 0 unspecified atom stereocenters. The van der Waals surface area contributed by atoms with Crippen molar-refractivity contribution in [3.8, 4) is 0 Å². The van der Waals surface area contributed by atoms with Gasteiger partial charge < -0.3 is 20.3 Å². The Morgan fingerprint density at radius 1 is 1.44 bits per heavy atom. The minimum atomic E-state index is -0.511. The molecule has 0 aliphatic carbocycles. The third-order valence-electron chi connectivity index (χ3n) is 3.54. The molecular formula is C18H29N5O2. The summed E-state index contributed by atoms with van der Waals surface area (Å²) in [7, 11) is 0. The lowest BCUT2D eigenvalue weighted by Gasteiger charge is -2.27. The number of rotatable bonds is 6. The summed E-state index contributed by atoms with van der Waals surface area (Å²) in [5.41, 5.74) is 0.475. The number of nitrogens with one attached hydrogen (secondary N) is 2. The number of nitrogens with zero attached hydrogens (tertiary/aromatic N) is 3. The van der Waals surface area contributed by atoms with Gasteiger partial charge in [-0.3, -0.25) is 9.98 Å². The highest BCUT2D eigenvalue weighted by Gasteiger charge is 2.22. The molecule has 2 N–H and O–H groups in total. The molecule has 1 amide bonds. The van der Waals surface area contributed by atoms with Gasteiger partial charge in [-0.25, -0.2) is 4.79 Å². The highest BCUT2D eigenvalue weighted by atomic mass is 16.6. The van der Waals surface area contributed by atoms with Crippen molar-refractivity contribution < 1.29 is 9.53 Å². The first-order valence-corrected chi connectivity index (χ1v) is 8.83. The number of carbonyl (C=O) groups is 1. The maximum atomic E-state index is 12.5.